The number of aliphatic hydroxyl groups is 1. The van der Waals surface area contributed by atoms with Crippen molar-refractivity contribution in [2.24, 2.45) is 5.41 Å². The van der Waals surface area contributed by atoms with Crippen molar-refractivity contribution >= 4 is 11.9 Å². The molecule has 0 spiro atoms. The molecule has 0 aromatic heterocycles. The summed E-state index contributed by atoms with van der Waals surface area (Å²) in [5.41, 5.74) is -0.0223. The molecule has 8 nitrogen and oxygen atoms in total. The van der Waals surface area contributed by atoms with Crippen LogP contribution in [0.4, 0.5) is 0 Å². The van der Waals surface area contributed by atoms with E-state index in [1.807, 2.05) is 0 Å². The number of carbonyl (C=O) groups is 2. The first kappa shape index (κ1) is 63.8. The number of likely N-dealkylation sites (tertiary alicyclic amines) is 1. The zero-order chi connectivity index (χ0) is 48.6. The van der Waals surface area contributed by atoms with Gasteiger partial charge in [-0.15, -0.1) is 0 Å². The lowest BCUT2D eigenvalue weighted by atomic mass is 9.73. The fourth-order valence-electron chi connectivity index (χ4n) is 10.0. The second-order valence-electron chi connectivity index (χ2n) is 21.0. The monoisotopic (exact) mass is 950 g/mol. The Morgan fingerprint density at radius 3 is 1.13 bits per heavy atom. The van der Waals surface area contributed by atoms with E-state index < -0.39 is 0 Å². The molecule has 0 amide bonds. The van der Waals surface area contributed by atoms with Crippen LogP contribution < -0.4 is 0 Å². The molecule has 398 valence electrons. The summed E-state index contributed by atoms with van der Waals surface area (Å²) in [6.45, 7) is 14.7. The Kier molecular flexibility index (Phi) is 46.1. The van der Waals surface area contributed by atoms with Crippen LogP contribution in [-0.4, -0.2) is 86.8 Å². The van der Waals surface area contributed by atoms with Gasteiger partial charge in [0.2, 0.25) is 0 Å². The summed E-state index contributed by atoms with van der Waals surface area (Å²) in [7, 11) is 0. The summed E-state index contributed by atoms with van der Waals surface area (Å²) in [5, 5.41) is 9.34. The number of nitrogens with zero attached hydrogens (tertiary/aromatic N) is 1. The Morgan fingerprint density at radius 1 is 0.433 bits per heavy atom. The summed E-state index contributed by atoms with van der Waals surface area (Å²) >= 11 is 0. The molecule has 1 aliphatic heterocycles. The highest BCUT2D eigenvalue weighted by Crippen LogP contribution is 2.39. The number of piperidine rings is 1. The third-order valence-corrected chi connectivity index (χ3v) is 14.9. The van der Waals surface area contributed by atoms with Crippen LogP contribution in [-0.2, 0) is 28.5 Å². The van der Waals surface area contributed by atoms with Crippen LogP contribution in [0.3, 0.4) is 0 Å². The largest absolute Gasteiger partial charge is 0.466 e. The topological polar surface area (TPSA) is 94.5 Å². The Balaban J connectivity index is 2.69. The highest BCUT2D eigenvalue weighted by atomic mass is 16.5. The van der Waals surface area contributed by atoms with Gasteiger partial charge in [0.05, 0.1) is 25.4 Å². The molecule has 2 unspecified atom stereocenters. The number of ether oxygens (including phenoxy) is 4. The molecule has 0 aromatic carbocycles. The van der Waals surface area contributed by atoms with E-state index in [-0.39, 0.29) is 36.2 Å². The maximum atomic E-state index is 13.2. The van der Waals surface area contributed by atoms with E-state index in [0.717, 1.165) is 110 Å². The van der Waals surface area contributed by atoms with Crippen molar-refractivity contribution in [3.05, 3.63) is 0 Å². The lowest BCUT2D eigenvalue weighted by molar-refractivity contribution is -0.146. The molecule has 1 heterocycles. The highest BCUT2D eigenvalue weighted by molar-refractivity contribution is 5.69. The van der Waals surface area contributed by atoms with Crippen LogP contribution in [0.15, 0.2) is 0 Å². The van der Waals surface area contributed by atoms with Gasteiger partial charge in [-0.3, -0.25) is 9.59 Å². The maximum absolute atomic E-state index is 13.2. The van der Waals surface area contributed by atoms with Crippen molar-refractivity contribution in [3.8, 4) is 0 Å². The van der Waals surface area contributed by atoms with Crippen molar-refractivity contribution in [2.45, 2.75) is 310 Å². The molecular formula is C59H115NO7. The molecule has 1 aliphatic rings. The normalized spacial score (nSPS) is 14.9. The third kappa shape index (κ3) is 40.1. The quantitative estimate of drug-likeness (QED) is 0.0476. The molecule has 1 saturated heterocycles. The number of unbranched alkanes of at least 4 members (excludes halogenated alkanes) is 27. The lowest BCUT2D eigenvalue weighted by Gasteiger charge is -2.42. The molecule has 0 saturated carbocycles. The van der Waals surface area contributed by atoms with Crippen LogP contribution in [0.1, 0.15) is 297 Å². The number of hydrogen-bond acceptors (Lipinski definition) is 8. The summed E-state index contributed by atoms with van der Waals surface area (Å²) in [6, 6.07) is 0. The molecule has 0 radical (unpaired) electrons. The molecule has 1 fully saturated rings. The number of aliphatic hydroxyl groups excluding tert-OH is 1. The van der Waals surface area contributed by atoms with E-state index in [2.05, 4.69) is 32.6 Å². The minimum absolute atomic E-state index is 0.0223. The van der Waals surface area contributed by atoms with Gasteiger partial charge in [0.15, 0.2) is 0 Å². The van der Waals surface area contributed by atoms with Gasteiger partial charge in [-0.1, -0.05) is 207 Å². The number of rotatable bonds is 52. The second-order valence-corrected chi connectivity index (χ2v) is 21.0. The summed E-state index contributed by atoms with van der Waals surface area (Å²) < 4.78 is 24.8. The zero-order valence-corrected chi connectivity index (χ0v) is 45.4. The van der Waals surface area contributed by atoms with E-state index in [1.54, 1.807) is 0 Å². The van der Waals surface area contributed by atoms with Gasteiger partial charge in [0, 0.05) is 32.7 Å². The molecule has 0 bridgehead atoms. The number of hydrogen-bond donors (Lipinski definition) is 1. The molecular weight excluding hydrogens is 835 g/mol. The van der Waals surface area contributed by atoms with Crippen molar-refractivity contribution in [1.29, 1.82) is 0 Å². The van der Waals surface area contributed by atoms with Gasteiger partial charge < -0.3 is 29.0 Å². The maximum Gasteiger partial charge on any atom is 0.305 e. The lowest BCUT2D eigenvalue weighted by Crippen LogP contribution is -2.42. The fraction of sp³-hybridized carbons (Fsp3) is 0.966. The fourth-order valence-corrected chi connectivity index (χ4v) is 10.0. The Hall–Kier alpha value is -1.22. The standard InChI is InChI=1S/C59H115NO7/c1-5-9-13-17-21-23-27-31-37-55(64-51-35-29-25-19-15-11-7-3)39-41-57(62)66-53-45-59(43-48-60(49-44-59)47-33-34-50-61)46-54-67-58(63)42-40-56(38-32-28-24-22-18-14-10-6-2)65-52-36-30-26-20-16-12-8-4/h55-56,61H,5-54H2,1-4H3. The average molecular weight is 951 g/mol. The zero-order valence-electron chi connectivity index (χ0n) is 45.4. The molecule has 8 heteroatoms. The molecule has 0 aliphatic carbocycles. The van der Waals surface area contributed by atoms with Gasteiger partial charge in [0.25, 0.3) is 0 Å². The van der Waals surface area contributed by atoms with E-state index in [4.69, 9.17) is 18.9 Å². The van der Waals surface area contributed by atoms with E-state index in [1.165, 1.54) is 180 Å². The number of carbonyl (C=O) groups excluding carboxylic acids is 2. The van der Waals surface area contributed by atoms with E-state index in [0.29, 0.717) is 26.1 Å². The van der Waals surface area contributed by atoms with Crippen molar-refractivity contribution in [3.63, 3.8) is 0 Å². The van der Waals surface area contributed by atoms with Crippen LogP contribution in [0.25, 0.3) is 0 Å². The Morgan fingerprint density at radius 2 is 0.776 bits per heavy atom. The van der Waals surface area contributed by atoms with Gasteiger partial charge >= 0.3 is 11.9 Å². The van der Waals surface area contributed by atoms with E-state index >= 15 is 0 Å². The number of esters is 2. The van der Waals surface area contributed by atoms with Gasteiger partial charge in [-0.05, 0) is 102 Å². The first-order valence-corrected chi connectivity index (χ1v) is 29.8. The minimum Gasteiger partial charge on any atom is -0.466 e. The SMILES string of the molecule is CCCCCCCCCCC(CCC(=O)OCCC1(CCOC(=O)CCC(CCCCCCCCCC)OCCCCCCCCC)CCN(CCCCO)CC1)OCCCCCCCCC. The van der Waals surface area contributed by atoms with Crippen molar-refractivity contribution in [2.75, 3.05) is 52.7 Å². The molecule has 0 aromatic rings. The van der Waals surface area contributed by atoms with Crippen LogP contribution >= 0.6 is 0 Å². The smallest absolute Gasteiger partial charge is 0.305 e. The molecule has 1 rings (SSSR count). The van der Waals surface area contributed by atoms with E-state index in [9.17, 15) is 14.7 Å². The van der Waals surface area contributed by atoms with Crippen LogP contribution in [0.2, 0.25) is 0 Å². The highest BCUT2D eigenvalue weighted by Gasteiger charge is 2.35. The van der Waals surface area contributed by atoms with Gasteiger partial charge in [0.1, 0.15) is 0 Å². The summed E-state index contributed by atoms with van der Waals surface area (Å²) in [5.74, 6) is -0.224. The summed E-state index contributed by atoms with van der Waals surface area (Å²) in [6.07, 6.45) is 48.6. The molecule has 1 N–H and O–H groups in total. The Bertz CT molecular complexity index is 941. The van der Waals surface area contributed by atoms with Gasteiger partial charge in [-0.25, -0.2) is 0 Å². The van der Waals surface area contributed by atoms with Crippen LogP contribution in [0, 0.1) is 5.41 Å². The third-order valence-electron chi connectivity index (χ3n) is 14.9. The molecule has 67 heavy (non-hydrogen) atoms. The minimum atomic E-state index is -0.112. The average Bonchev–Trinajstić information content (AvgIpc) is 3.33. The van der Waals surface area contributed by atoms with Gasteiger partial charge in [-0.2, -0.15) is 0 Å². The Labute approximate surface area is 416 Å². The predicted octanol–water partition coefficient (Wildman–Crippen LogP) is 16.6. The second kappa shape index (κ2) is 48.4. The predicted molar refractivity (Wildman–Crippen MR) is 284 cm³/mol. The van der Waals surface area contributed by atoms with Crippen molar-refractivity contribution in [1.82, 2.24) is 4.90 Å². The van der Waals surface area contributed by atoms with Crippen molar-refractivity contribution < 1.29 is 33.6 Å². The first-order valence-electron chi connectivity index (χ1n) is 29.8. The van der Waals surface area contributed by atoms with Crippen LogP contribution in [0.5, 0.6) is 0 Å². The first-order chi connectivity index (χ1) is 32.9. The molecule has 2 atom stereocenters. The summed E-state index contributed by atoms with van der Waals surface area (Å²) in [4.78, 5) is 29.0.